The summed E-state index contributed by atoms with van der Waals surface area (Å²) in [6.07, 6.45) is 1.80. The molecule has 1 amide bonds. The lowest BCUT2D eigenvalue weighted by Crippen LogP contribution is -2.47. The van der Waals surface area contributed by atoms with Gasteiger partial charge in [0.05, 0.1) is 42.6 Å². The molecule has 190 valence electrons. The third-order valence-corrected chi connectivity index (χ3v) is 8.31. The van der Waals surface area contributed by atoms with E-state index < -0.39 is 11.6 Å². The Hall–Kier alpha value is -2.93. The minimum Gasteiger partial charge on any atom is -0.397 e. The predicted molar refractivity (Wildman–Crippen MR) is 134 cm³/mol. The zero-order valence-corrected chi connectivity index (χ0v) is 21.0. The van der Waals surface area contributed by atoms with Crippen LogP contribution in [0.4, 0.5) is 15.9 Å². The fourth-order valence-electron chi connectivity index (χ4n) is 5.48. The molecule has 5 N–H and O–H groups in total. The Bertz CT molecular complexity index is 1370. The zero-order chi connectivity index (χ0) is 25.2. The lowest BCUT2D eigenvalue weighted by Gasteiger charge is -2.27. The quantitative estimate of drug-likeness (QED) is 0.476. The van der Waals surface area contributed by atoms with Gasteiger partial charge in [-0.1, -0.05) is 0 Å². The summed E-state index contributed by atoms with van der Waals surface area (Å²) in [5.74, 6) is -0.649. The number of thiophene rings is 1. The zero-order valence-electron chi connectivity index (χ0n) is 20.1. The number of anilines is 2. The average molecular weight is 514 g/mol. The van der Waals surface area contributed by atoms with Crippen molar-refractivity contribution in [3.05, 3.63) is 39.5 Å². The van der Waals surface area contributed by atoms with Crippen LogP contribution in [0.1, 0.15) is 38.9 Å². The monoisotopic (exact) mass is 513 g/mol. The first-order valence-corrected chi connectivity index (χ1v) is 12.9. The summed E-state index contributed by atoms with van der Waals surface area (Å²) < 4.78 is 26.7. The van der Waals surface area contributed by atoms with Crippen LogP contribution in [0.5, 0.6) is 0 Å². The molecule has 0 radical (unpaired) electrons. The van der Waals surface area contributed by atoms with E-state index in [1.807, 2.05) is 13.8 Å². The van der Waals surface area contributed by atoms with Gasteiger partial charge in [-0.3, -0.25) is 4.79 Å². The highest BCUT2D eigenvalue weighted by Crippen LogP contribution is 2.36. The lowest BCUT2D eigenvalue weighted by molar-refractivity contribution is -0.147. The smallest absolute Gasteiger partial charge is 0.263 e. The summed E-state index contributed by atoms with van der Waals surface area (Å²) in [6.45, 7) is 5.38. The Morgan fingerprint density at radius 3 is 2.83 bits per heavy atom. The first-order chi connectivity index (χ1) is 17.2. The molecule has 3 aliphatic rings. The summed E-state index contributed by atoms with van der Waals surface area (Å²) in [5, 5.41) is 3.80. The average Bonchev–Trinajstić information content (AvgIpc) is 3.52. The van der Waals surface area contributed by atoms with Crippen molar-refractivity contribution in [3.63, 3.8) is 0 Å². The van der Waals surface area contributed by atoms with Crippen LogP contribution in [0.25, 0.3) is 10.2 Å². The molecule has 0 saturated carbocycles. The van der Waals surface area contributed by atoms with E-state index in [1.54, 1.807) is 4.90 Å². The number of nitrogen functional groups attached to an aromatic ring is 1. The molecule has 5 heterocycles. The maximum absolute atomic E-state index is 15.2. The van der Waals surface area contributed by atoms with Crippen LogP contribution in [0.3, 0.4) is 0 Å². The molecule has 10 nitrogen and oxygen atoms in total. The van der Waals surface area contributed by atoms with Gasteiger partial charge in [0, 0.05) is 18.3 Å². The van der Waals surface area contributed by atoms with Crippen LogP contribution in [0.2, 0.25) is 0 Å². The molecular weight excluding hydrogens is 485 g/mol. The number of rotatable bonds is 3. The number of nitrogens with one attached hydrogen (secondary N) is 1. The van der Waals surface area contributed by atoms with Crippen LogP contribution >= 0.6 is 11.3 Å². The van der Waals surface area contributed by atoms with Gasteiger partial charge < -0.3 is 31.2 Å². The van der Waals surface area contributed by atoms with Crippen LogP contribution in [-0.2, 0) is 22.3 Å². The SMILES string of the molecule is Cc1nc(C)c2c(N)c(C(=O)NC3CCc4nc(N5CC(N)C6(C5)OCCO6)c(F)cc4C3)sc2n1. The first-order valence-electron chi connectivity index (χ1n) is 12.0. The third kappa shape index (κ3) is 3.79. The fourth-order valence-corrected chi connectivity index (χ4v) is 6.58. The number of hydrogen-bond donors (Lipinski definition) is 3. The van der Waals surface area contributed by atoms with Gasteiger partial charge >= 0.3 is 0 Å². The number of aryl methyl sites for hydroxylation is 3. The van der Waals surface area contributed by atoms with Gasteiger partial charge in [0.2, 0.25) is 5.79 Å². The van der Waals surface area contributed by atoms with Gasteiger partial charge in [0.15, 0.2) is 11.6 Å². The summed E-state index contributed by atoms with van der Waals surface area (Å²) in [4.78, 5) is 29.5. The second-order valence-corrected chi connectivity index (χ2v) is 10.7. The lowest BCUT2D eigenvalue weighted by atomic mass is 9.91. The molecule has 0 aromatic carbocycles. The van der Waals surface area contributed by atoms with Crippen molar-refractivity contribution < 1.29 is 18.7 Å². The Morgan fingerprint density at radius 2 is 2.06 bits per heavy atom. The molecule has 2 unspecified atom stereocenters. The second-order valence-electron chi connectivity index (χ2n) is 9.69. The van der Waals surface area contributed by atoms with Crippen molar-refractivity contribution in [2.24, 2.45) is 5.73 Å². The molecule has 2 fully saturated rings. The molecule has 1 spiro atoms. The largest absolute Gasteiger partial charge is 0.397 e. The number of carbonyl (C=O) groups excluding carboxylic acids is 1. The molecule has 12 heteroatoms. The number of hydrogen-bond acceptors (Lipinski definition) is 10. The minimum atomic E-state index is -0.892. The van der Waals surface area contributed by atoms with E-state index in [4.69, 9.17) is 20.9 Å². The van der Waals surface area contributed by atoms with Gasteiger partial charge in [-0.2, -0.15) is 0 Å². The number of pyridine rings is 1. The van der Waals surface area contributed by atoms with Gasteiger partial charge in [-0.15, -0.1) is 11.3 Å². The Labute approximate surface area is 211 Å². The maximum atomic E-state index is 15.2. The van der Waals surface area contributed by atoms with E-state index in [2.05, 4.69) is 20.3 Å². The number of aromatic nitrogens is 3. The number of ether oxygens (including phenoxy) is 2. The van der Waals surface area contributed by atoms with Crippen LogP contribution < -0.4 is 21.7 Å². The fraction of sp³-hybridized carbons (Fsp3) is 0.500. The van der Waals surface area contributed by atoms with Gasteiger partial charge in [0.25, 0.3) is 5.91 Å². The van der Waals surface area contributed by atoms with Crippen molar-refractivity contribution in [2.75, 3.05) is 36.9 Å². The van der Waals surface area contributed by atoms with Gasteiger partial charge in [-0.25, -0.2) is 19.3 Å². The Balaban J connectivity index is 1.19. The third-order valence-electron chi connectivity index (χ3n) is 7.21. The number of fused-ring (bicyclic) bond motifs is 2. The van der Waals surface area contributed by atoms with Gasteiger partial charge in [-0.05, 0) is 44.7 Å². The molecular formula is C24H28FN7O3S. The summed E-state index contributed by atoms with van der Waals surface area (Å²) in [5.41, 5.74) is 15.3. The van der Waals surface area contributed by atoms with Crippen LogP contribution in [0.15, 0.2) is 6.07 Å². The Kier molecular flexibility index (Phi) is 5.59. The van der Waals surface area contributed by atoms with Crippen molar-refractivity contribution in [3.8, 4) is 0 Å². The molecule has 36 heavy (non-hydrogen) atoms. The summed E-state index contributed by atoms with van der Waals surface area (Å²) in [6, 6.07) is 0.995. The molecule has 2 aliphatic heterocycles. The number of nitrogens with two attached hydrogens (primary N) is 2. The molecule has 1 aliphatic carbocycles. The number of amides is 1. The van der Waals surface area contributed by atoms with E-state index in [1.165, 1.54) is 17.4 Å². The van der Waals surface area contributed by atoms with E-state index in [0.29, 0.717) is 66.8 Å². The molecule has 0 bridgehead atoms. The highest BCUT2D eigenvalue weighted by Gasteiger charge is 2.50. The molecule has 3 aromatic rings. The van der Waals surface area contributed by atoms with Crippen molar-refractivity contribution in [1.29, 1.82) is 0 Å². The standard InChI is InChI=1S/C24H28FN7O3S/c1-11-18-19(27)20(36-23(18)29-12(2)28-11)22(33)30-14-3-4-16-13(7-14)8-15(25)21(31-16)32-9-17(26)24(10-32)34-5-6-35-24/h8,14,17H,3-7,9-10,26-27H2,1-2H3,(H,30,33). The van der Waals surface area contributed by atoms with E-state index in [9.17, 15) is 4.79 Å². The first kappa shape index (κ1) is 23.5. The molecule has 2 atom stereocenters. The normalized spacial score (nSPS) is 22.9. The van der Waals surface area contributed by atoms with Gasteiger partial charge in [0.1, 0.15) is 15.5 Å². The van der Waals surface area contributed by atoms with E-state index in [0.717, 1.165) is 22.3 Å². The number of nitrogens with zero attached hydrogens (tertiary/aromatic N) is 4. The second kappa shape index (κ2) is 8.58. The highest BCUT2D eigenvalue weighted by atomic mass is 32.1. The van der Waals surface area contributed by atoms with E-state index in [-0.39, 0.29) is 23.8 Å². The predicted octanol–water partition coefficient (Wildman–Crippen LogP) is 1.60. The van der Waals surface area contributed by atoms with Crippen LogP contribution in [-0.4, -0.2) is 65.0 Å². The molecule has 6 rings (SSSR count). The summed E-state index contributed by atoms with van der Waals surface area (Å²) in [7, 11) is 0. The maximum Gasteiger partial charge on any atom is 0.263 e. The minimum absolute atomic E-state index is 0.153. The van der Waals surface area contributed by atoms with Crippen molar-refractivity contribution in [2.45, 2.75) is 51.0 Å². The molecule has 3 aromatic heterocycles. The summed E-state index contributed by atoms with van der Waals surface area (Å²) >= 11 is 1.26. The molecule has 2 saturated heterocycles. The topological polar surface area (TPSA) is 142 Å². The number of halogens is 1. The number of carbonyl (C=O) groups is 1. The highest BCUT2D eigenvalue weighted by molar-refractivity contribution is 7.21. The van der Waals surface area contributed by atoms with E-state index >= 15 is 4.39 Å². The van der Waals surface area contributed by atoms with Crippen LogP contribution in [0, 0.1) is 19.7 Å². The van der Waals surface area contributed by atoms with Crippen molar-refractivity contribution in [1.82, 2.24) is 20.3 Å². The Morgan fingerprint density at radius 1 is 1.28 bits per heavy atom. The van der Waals surface area contributed by atoms with Crippen molar-refractivity contribution >= 4 is 39.0 Å².